The molecule has 29 heavy (non-hydrogen) atoms. The van der Waals surface area contributed by atoms with Crippen LogP contribution in [-0.4, -0.2) is 28.9 Å². The second-order valence-corrected chi connectivity index (χ2v) is 7.60. The lowest BCUT2D eigenvalue weighted by Gasteiger charge is -2.14. The van der Waals surface area contributed by atoms with Crippen LogP contribution in [0.1, 0.15) is 55.3 Å². The molecule has 2 aromatic rings. The molecular formula is C22H27N3O4. The third-order valence-electron chi connectivity index (χ3n) is 5.06. The Kier molecular flexibility index (Phi) is 5.96. The standard InChI is InChI=1S/C22H27N3O4/c1-12(2)16-11-17(13(3)7-19(16)26)23-22(28)10-15-9-18(25-24-15)14-5-6-21(29-4)20(27)8-14/h5-8,11-12,18,25-27H,9-10H2,1-4H3,(H,23,28). The number of carbonyl (C=O) groups excluding carboxylic acids is 1. The van der Waals surface area contributed by atoms with Gasteiger partial charge in [0.1, 0.15) is 5.75 Å². The maximum atomic E-state index is 12.5. The number of amides is 1. The Bertz CT molecular complexity index is 953. The molecule has 1 amide bonds. The highest BCUT2D eigenvalue weighted by Crippen LogP contribution is 2.33. The van der Waals surface area contributed by atoms with E-state index in [2.05, 4.69) is 15.8 Å². The van der Waals surface area contributed by atoms with E-state index in [1.165, 1.54) is 7.11 Å². The average Bonchev–Trinajstić information content (AvgIpc) is 3.12. The molecule has 0 saturated heterocycles. The number of phenolic OH excluding ortho intramolecular Hbond substituents is 2. The zero-order chi connectivity index (χ0) is 21.1. The van der Waals surface area contributed by atoms with Gasteiger partial charge < -0.3 is 25.7 Å². The molecule has 1 heterocycles. The van der Waals surface area contributed by atoms with Crippen molar-refractivity contribution in [3.63, 3.8) is 0 Å². The van der Waals surface area contributed by atoms with Crippen LogP contribution in [0.4, 0.5) is 5.69 Å². The first-order valence-corrected chi connectivity index (χ1v) is 9.59. The smallest absolute Gasteiger partial charge is 0.230 e. The number of hydrogen-bond donors (Lipinski definition) is 4. The summed E-state index contributed by atoms with van der Waals surface area (Å²) in [6, 6.07) is 8.61. The van der Waals surface area contributed by atoms with E-state index in [0.717, 1.165) is 22.4 Å². The number of hydrazone groups is 1. The lowest BCUT2D eigenvalue weighted by molar-refractivity contribution is -0.115. The van der Waals surface area contributed by atoms with Gasteiger partial charge in [-0.15, -0.1) is 0 Å². The number of anilines is 1. The third kappa shape index (κ3) is 4.62. The number of carbonyl (C=O) groups is 1. The summed E-state index contributed by atoms with van der Waals surface area (Å²) < 4.78 is 5.07. The molecule has 0 aromatic heterocycles. The van der Waals surface area contributed by atoms with E-state index in [1.807, 2.05) is 32.9 Å². The van der Waals surface area contributed by atoms with Gasteiger partial charge in [0, 0.05) is 17.8 Å². The highest BCUT2D eigenvalue weighted by atomic mass is 16.5. The third-order valence-corrected chi connectivity index (χ3v) is 5.06. The Hall–Kier alpha value is -3.22. The molecule has 2 aromatic carbocycles. The minimum Gasteiger partial charge on any atom is -0.508 e. The number of rotatable bonds is 6. The fourth-order valence-corrected chi connectivity index (χ4v) is 3.41. The SMILES string of the molecule is COc1ccc(C2CC(CC(=O)Nc3cc(C(C)C)c(O)cc3C)=NN2)cc1O. The number of hydrogen-bond acceptors (Lipinski definition) is 6. The highest BCUT2D eigenvalue weighted by molar-refractivity contribution is 6.07. The predicted octanol–water partition coefficient (Wildman–Crippen LogP) is 3.96. The highest BCUT2D eigenvalue weighted by Gasteiger charge is 2.23. The van der Waals surface area contributed by atoms with E-state index >= 15 is 0 Å². The van der Waals surface area contributed by atoms with Crippen molar-refractivity contribution in [2.45, 2.75) is 45.6 Å². The van der Waals surface area contributed by atoms with Crippen molar-refractivity contribution < 1.29 is 19.7 Å². The number of benzene rings is 2. The second-order valence-electron chi connectivity index (χ2n) is 7.60. The van der Waals surface area contributed by atoms with Crippen LogP contribution in [-0.2, 0) is 4.79 Å². The molecular weight excluding hydrogens is 370 g/mol. The molecule has 0 spiro atoms. The summed E-state index contributed by atoms with van der Waals surface area (Å²) in [6.07, 6.45) is 0.744. The van der Waals surface area contributed by atoms with Crippen molar-refractivity contribution in [3.8, 4) is 17.2 Å². The molecule has 1 aliphatic rings. The van der Waals surface area contributed by atoms with Crippen LogP contribution in [0.2, 0.25) is 0 Å². The van der Waals surface area contributed by atoms with Crippen LogP contribution in [0.3, 0.4) is 0 Å². The van der Waals surface area contributed by atoms with Gasteiger partial charge in [0.2, 0.25) is 5.91 Å². The first kappa shape index (κ1) is 20.5. The Morgan fingerprint density at radius 3 is 2.69 bits per heavy atom. The number of nitrogens with one attached hydrogen (secondary N) is 2. The van der Waals surface area contributed by atoms with Gasteiger partial charge in [-0.3, -0.25) is 4.79 Å². The summed E-state index contributed by atoms with van der Waals surface area (Å²) >= 11 is 0. The molecule has 4 N–H and O–H groups in total. The van der Waals surface area contributed by atoms with E-state index in [-0.39, 0.29) is 35.8 Å². The van der Waals surface area contributed by atoms with Gasteiger partial charge in [0.15, 0.2) is 11.5 Å². The van der Waals surface area contributed by atoms with Crippen LogP contribution in [0.15, 0.2) is 35.4 Å². The summed E-state index contributed by atoms with van der Waals surface area (Å²) in [5.74, 6) is 0.716. The molecule has 0 bridgehead atoms. The van der Waals surface area contributed by atoms with Crippen molar-refractivity contribution in [2.24, 2.45) is 5.10 Å². The van der Waals surface area contributed by atoms with E-state index in [4.69, 9.17) is 4.74 Å². The molecule has 0 saturated carbocycles. The van der Waals surface area contributed by atoms with E-state index in [1.54, 1.807) is 18.2 Å². The average molecular weight is 397 g/mol. The lowest BCUT2D eigenvalue weighted by atomic mass is 9.99. The molecule has 0 radical (unpaired) electrons. The van der Waals surface area contributed by atoms with Crippen molar-refractivity contribution in [1.29, 1.82) is 0 Å². The summed E-state index contributed by atoms with van der Waals surface area (Å²) in [7, 11) is 1.50. The normalized spacial score (nSPS) is 15.8. The van der Waals surface area contributed by atoms with Crippen LogP contribution >= 0.6 is 0 Å². The van der Waals surface area contributed by atoms with Gasteiger partial charge >= 0.3 is 0 Å². The van der Waals surface area contributed by atoms with Crippen molar-refractivity contribution in [3.05, 3.63) is 47.0 Å². The summed E-state index contributed by atoms with van der Waals surface area (Å²) in [5, 5.41) is 27.2. The molecule has 154 valence electrons. The predicted molar refractivity (Wildman–Crippen MR) is 113 cm³/mol. The molecule has 1 unspecified atom stereocenters. The van der Waals surface area contributed by atoms with Gasteiger partial charge in [0.05, 0.1) is 19.6 Å². The molecule has 7 nitrogen and oxygen atoms in total. The number of phenols is 2. The summed E-state index contributed by atoms with van der Waals surface area (Å²) in [6.45, 7) is 5.83. The minimum atomic E-state index is -0.160. The van der Waals surface area contributed by atoms with Crippen LogP contribution in [0.25, 0.3) is 0 Å². The molecule has 1 aliphatic heterocycles. The number of nitrogens with zero attached hydrogens (tertiary/aromatic N) is 1. The van der Waals surface area contributed by atoms with Crippen LogP contribution in [0, 0.1) is 6.92 Å². The molecule has 7 heteroatoms. The van der Waals surface area contributed by atoms with Gasteiger partial charge in [-0.25, -0.2) is 0 Å². The van der Waals surface area contributed by atoms with Crippen molar-refractivity contribution in [2.75, 3.05) is 12.4 Å². The van der Waals surface area contributed by atoms with E-state index in [0.29, 0.717) is 17.9 Å². The summed E-state index contributed by atoms with van der Waals surface area (Å²) in [4.78, 5) is 12.5. The largest absolute Gasteiger partial charge is 0.508 e. The Balaban J connectivity index is 1.62. The number of ether oxygens (including phenoxy) is 1. The molecule has 3 rings (SSSR count). The quantitative estimate of drug-likeness (QED) is 0.553. The van der Waals surface area contributed by atoms with Crippen LogP contribution in [0.5, 0.6) is 17.2 Å². The first-order chi connectivity index (χ1) is 13.8. The maximum absolute atomic E-state index is 12.5. The van der Waals surface area contributed by atoms with Gasteiger partial charge in [-0.05, 0) is 53.8 Å². The zero-order valence-electron chi connectivity index (χ0n) is 17.1. The number of aryl methyl sites for hydroxylation is 1. The first-order valence-electron chi connectivity index (χ1n) is 9.59. The van der Waals surface area contributed by atoms with Crippen molar-refractivity contribution >= 4 is 17.3 Å². The zero-order valence-corrected chi connectivity index (χ0v) is 17.1. The molecule has 0 fully saturated rings. The fourth-order valence-electron chi connectivity index (χ4n) is 3.41. The maximum Gasteiger partial charge on any atom is 0.230 e. The minimum absolute atomic E-state index is 0.0711. The fraction of sp³-hybridized carbons (Fsp3) is 0.364. The molecule has 1 atom stereocenters. The van der Waals surface area contributed by atoms with Gasteiger partial charge in [-0.1, -0.05) is 19.9 Å². The monoisotopic (exact) mass is 397 g/mol. The van der Waals surface area contributed by atoms with E-state index in [9.17, 15) is 15.0 Å². The van der Waals surface area contributed by atoms with E-state index < -0.39 is 0 Å². The van der Waals surface area contributed by atoms with Crippen molar-refractivity contribution in [1.82, 2.24) is 5.43 Å². The van der Waals surface area contributed by atoms with Crippen LogP contribution < -0.4 is 15.5 Å². The topological polar surface area (TPSA) is 103 Å². The summed E-state index contributed by atoms with van der Waals surface area (Å²) in [5.41, 5.74) is 6.93. The number of aromatic hydroxyl groups is 2. The second kappa shape index (κ2) is 8.43. The van der Waals surface area contributed by atoms with Gasteiger partial charge in [0.25, 0.3) is 0 Å². The Labute approximate surface area is 170 Å². The molecule has 0 aliphatic carbocycles. The Morgan fingerprint density at radius 1 is 1.28 bits per heavy atom. The van der Waals surface area contributed by atoms with Gasteiger partial charge in [-0.2, -0.15) is 5.10 Å². The number of methoxy groups -OCH3 is 1. The lowest BCUT2D eigenvalue weighted by Crippen LogP contribution is -2.17. The Morgan fingerprint density at radius 2 is 2.03 bits per heavy atom.